The van der Waals surface area contributed by atoms with Gasteiger partial charge in [-0.25, -0.2) is 4.98 Å². The number of aromatic nitrogens is 1. The summed E-state index contributed by atoms with van der Waals surface area (Å²) in [6.07, 6.45) is 2.74. The molecule has 0 aliphatic rings. The number of hydrogen-bond donors (Lipinski definition) is 2. The van der Waals surface area contributed by atoms with Gasteiger partial charge in [0, 0.05) is 23.1 Å². The first-order valence-corrected chi connectivity index (χ1v) is 7.31. The van der Waals surface area contributed by atoms with Crippen LogP contribution >= 0.6 is 23.2 Å². The Bertz CT molecular complexity index is 795. The lowest BCUT2D eigenvalue weighted by Gasteiger charge is -2.09. The molecule has 0 unspecified atom stereocenters. The monoisotopic (exact) mass is 346 g/mol. The highest BCUT2D eigenvalue weighted by atomic mass is 35.5. The minimum Gasteiger partial charge on any atom is -0.345 e. The quantitative estimate of drug-likeness (QED) is 0.643. The number of halogens is 2. The summed E-state index contributed by atoms with van der Waals surface area (Å²) in [7, 11) is 0. The Morgan fingerprint density at radius 3 is 2.74 bits per heavy atom. The molecule has 0 bridgehead atoms. The molecule has 0 spiro atoms. The van der Waals surface area contributed by atoms with Crippen molar-refractivity contribution in [3.8, 4) is 6.07 Å². The van der Waals surface area contributed by atoms with Crippen LogP contribution in [0.3, 0.4) is 0 Å². The van der Waals surface area contributed by atoms with Gasteiger partial charge in [0.15, 0.2) is 0 Å². The Hall–Kier alpha value is -2.55. The van der Waals surface area contributed by atoms with E-state index in [0.29, 0.717) is 21.6 Å². The highest BCUT2D eigenvalue weighted by molar-refractivity contribution is 6.32. The molecule has 23 heavy (non-hydrogen) atoms. The summed E-state index contributed by atoms with van der Waals surface area (Å²) < 4.78 is 0. The van der Waals surface area contributed by atoms with Crippen LogP contribution < -0.4 is 10.6 Å². The first-order chi connectivity index (χ1) is 11.0. The van der Waals surface area contributed by atoms with Crippen molar-refractivity contribution in [1.82, 2.24) is 4.98 Å². The molecule has 5 nitrogen and oxygen atoms in total. The fourth-order valence-corrected chi connectivity index (χ4v) is 1.97. The number of hydrogen-bond acceptors (Lipinski definition) is 4. The van der Waals surface area contributed by atoms with Gasteiger partial charge < -0.3 is 10.6 Å². The average Bonchev–Trinajstić information content (AvgIpc) is 2.54. The average molecular weight is 347 g/mol. The van der Waals surface area contributed by atoms with Crippen LogP contribution in [0.25, 0.3) is 0 Å². The number of benzene rings is 1. The van der Waals surface area contributed by atoms with Crippen molar-refractivity contribution in [1.29, 1.82) is 5.26 Å². The molecule has 0 aliphatic heterocycles. The highest BCUT2D eigenvalue weighted by Gasteiger charge is 2.11. The minimum absolute atomic E-state index is 0.0962. The summed E-state index contributed by atoms with van der Waals surface area (Å²) in [6.45, 7) is 1.78. The number of nitriles is 1. The fraction of sp³-hybridized carbons (Fsp3) is 0.0625. The number of carbonyl (C=O) groups is 1. The number of nitrogens with one attached hydrogen (secondary N) is 2. The number of anilines is 2. The van der Waals surface area contributed by atoms with Crippen LogP contribution in [0.1, 0.15) is 5.56 Å². The molecule has 1 aromatic carbocycles. The Morgan fingerprint density at radius 2 is 2.09 bits per heavy atom. The number of carbonyl (C=O) groups excluding carboxylic acids is 1. The van der Waals surface area contributed by atoms with Gasteiger partial charge in [-0.1, -0.05) is 29.3 Å². The van der Waals surface area contributed by atoms with Crippen LogP contribution in [-0.4, -0.2) is 10.9 Å². The maximum atomic E-state index is 12.2. The molecular weight excluding hydrogens is 335 g/mol. The van der Waals surface area contributed by atoms with Crippen molar-refractivity contribution in [3.05, 3.63) is 63.9 Å². The third-order valence-corrected chi connectivity index (χ3v) is 3.61. The second-order valence-corrected chi connectivity index (χ2v) is 5.39. The van der Waals surface area contributed by atoms with Crippen LogP contribution in [0.2, 0.25) is 10.0 Å². The van der Waals surface area contributed by atoms with Crippen molar-refractivity contribution in [2.75, 3.05) is 10.6 Å². The van der Waals surface area contributed by atoms with Gasteiger partial charge in [0.25, 0.3) is 5.91 Å². The smallest absolute Gasteiger partial charge is 0.267 e. The van der Waals surface area contributed by atoms with Gasteiger partial charge in [-0.2, -0.15) is 5.26 Å². The molecule has 1 amide bonds. The van der Waals surface area contributed by atoms with Crippen LogP contribution in [0.5, 0.6) is 0 Å². The third kappa shape index (κ3) is 4.46. The Labute approximate surface area is 143 Å². The molecule has 2 N–H and O–H groups in total. The normalized spacial score (nSPS) is 10.8. The second-order valence-electron chi connectivity index (χ2n) is 4.54. The first-order valence-electron chi connectivity index (χ1n) is 6.56. The fourth-order valence-electron chi connectivity index (χ4n) is 1.69. The van der Waals surface area contributed by atoms with Crippen molar-refractivity contribution < 1.29 is 4.79 Å². The maximum Gasteiger partial charge on any atom is 0.267 e. The SMILES string of the molecule is Cc1c(Cl)cccc1NC(=O)/C(C#N)=C\Nc1ccc(Cl)cn1. The van der Waals surface area contributed by atoms with E-state index in [1.807, 2.05) is 6.07 Å². The van der Waals surface area contributed by atoms with E-state index >= 15 is 0 Å². The zero-order valence-corrected chi connectivity index (χ0v) is 13.6. The molecule has 0 radical (unpaired) electrons. The van der Waals surface area contributed by atoms with Crippen LogP contribution in [0.4, 0.5) is 11.5 Å². The molecule has 2 rings (SSSR count). The van der Waals surface area contributed by atoms with Crippen LogP contribution in [0.15, 0.2) is 48.3 Å². The predicted octanol–water partition coefficient (Wildman–Crippen LogP) is 4.15. The molecular formula is C16H12Cl2N4O. The Balaban J connectivity index is 2.12. The lowest BCUT2D eigenvalue weighted by Crippen LogP contribution is -2.15. The van der Waals surface area contributed by atoms with Gasteiger partial charge in [-0.15, -0.1) is 0 Å². The summed E-state index contributed by atoms with van der Waals surface area (Å²) in [4.78, 5) is 16.2. The predicted molar refractivity (Wildman–Crippen MR) is 91.4 cm³/mol. The van der Waals surface area contributed by atoms with Gasteiger partial charge in [0.1, 0.15) is 17.5 Å². The minimum atomic E-state index is -0.542. The third-order valence-electron chi connectivity index (χ3n) is 2.97. The Kier molecular flexibility index (Phi) is 5.58. The van der Waals surface area contributed by atoms with Crippen molar-refractivity contribution in [2.45, 2.75) is 6.92 Å². The maximum absolute atomic E-state index is 12.2. The number of amides is 1. The molecule has 0 atom stereocenters. The van der Waals surface area contributed by atoms with Gasteiger partial charge in [-0.05, 0) is 36.8 Å². The van der Waals surface area contributed by atoms with Crippen LogP contribution in [0, 0.1) is 18.3 Å². The summed E-state index contributed by atoms with van der Waals surface area (Å²) in [6, 6.07) is 10.3. The van der Waals surface area contributed by atoms with E-state index < -0.39 is 5.91 Å². The Morgan fingerprint density at radius 1 is 1.30 bits per heavy atom. The summed E-state index contributed by atoms with van der Waals surface area (Å²) in [5, 5.41) is 15.6. The lowest BCUT2D eigenvalue weighted by molar-refractivity contribution is -0.112. The molecule has 116 valence electrons. The topological polar surface area (TPSA) is 77.8 Å². The summed E-state index contributed by atoms with van der Waals surface area (Å²) >= 11 is 11.7. The standard InChI is InChI=1S/C16H12Cl2N4O/c1-10-13(18)3-2-4-14(10)22-16(23)11(7-19)8-20-15-6-5-12(17)9-21-15/h2-6,8-9H,1H3,(H,20,21)(H,22,23)/b11-8-. The molecule has 0 aliphatic carbocycles. The summed E-state index contributed by atoms with van der Waals surface area (Å²) in [5.74, 6) is -0.0757. The van der Waals surface area contributed by atoms with Gasteiger partial charge in [-0.3, -0.25) is 4.79 Å². The largest absolute Gasteiger partial charge is 0.345 e. The molecule has 1 aromatic heterocycles. The van der Waals surface area contributed by atoms with E-state index in [0.717, 1.165) is 5.56 Å². The van der Waals surface area contributed by atoms with Crippen molar-refractivity contribution in [2.24, 2.45) is 0 Å². The van der Waals surface area contributed by atoms with E-state index in [-0.39, 0.29) is 5.57 Å². The van der Waals surface area contributed by atoms with E-state index in [1.54, 1.807) is 37.3 Å². The summed E-state index contributed by atoms with van der Waals surface area (Å²) in [5.41, 5.74) is 1.18. The van der Waals surface area contributed by atoms with Crippen molar-refractivity contribution >= 4 is 40.6 Å². The molecule has 7 heteroatoms. The van der Waals surface area contributed by atoms with Gasteiger partial charge >= 0.3 is 0 Å². The lowest BCUT2D eigenvalue weighted by atomic mass is 10.2. The van der Waals surface area contributed by atoms with Gasteiger partial charge in [0.2, 0.25) is 0 Å². The first kappa shape index (κ1) is 16.8. The number of rotatable bonds is 4. The van der Waals surface area contributed by atoms with E-state index in [2.05, 4.69) is 15.6 Å². The molecule has 0 fully saturated rings. The van der Waals surface area contributed by atoms with Crippen LogP contribution in [-0.2, 0) is 4.79 Å². The highest BCUT2D eigenvalue weighted by Crippen LogP contribution is 2.23. The molecule has 2 aromatic rings. The van der Waals surface area contributed by atoms with Crippen molar-refractivity contribution in [3.63, 3.8) is 0 Å². The van der Waals surface area contributed by atoms with Gasteiger partial charge in [0.05, 0.1) is 5.02 Å². The molecule has 1 heterocycles. The molecule has 0 saturated heterocycles. The zero-order chi connectivity index (χ0) is 16.8. The van der Waals surface area contributed by atoms with E-state index in [1.165, 1.54) is 12.4 Å². The second kappa shape index (κ2) is 7.63. The van der Waals surface area contributed by atoms with E-state index in [9.17, 15) is 4.79 Å². The number of nitrogens with zero attached hydrogens (tertiary/aromatic N) is 2. The number of pyridine rings is 1. The van der Waals surface area contributed by atoms with E-state index in [4.69, 9.17) is 28.5 Å². The molecule has 0 saturated carbocycles. The zero-order valence-electron chi connectivity index (χ0n) is 12.1.